The highest BCUT2D eigenvalue weighted by molar-refractivity contribution is 5.85. The summed E-state index contributed by atoms with van der Waals surface area (Å²) in [4.78, 5) is 0. The van der Waals surface area contributed by atoms with Crippen LogP contribution in [-0.2, 0) is 0 Å². The summed E-state index contributed by atoms with van der Waals surface area (Å²) in [6.45, 7) is 3.07. The smallest absolute Gasteiger partial charge is 0.272 e. The molecule has 0 saturated carbocycles. The third kappa shape index (κ3) is 4.33. The molecule has 2 N–H and O–H groups in total. The molecule has 1 aromatic carbocycles. The summed E-state index contributed by atoms with van der Waals surface area (Å²) in [5.41, 5.74) is 7.42. The van der Waals surface area contributed by atoms with Crippen molar-refractivity contribution < 1.29 is 13.5 Å². The first-order valence-corrected chi connectivity index (χ1v) is 4.77. The molecule has 0 saturated heterocycles. The zero-order chi connectivity index (χ0) is 11.4. The van der Waals surface area contributed by atoms with Crippen LogP contribution in [0.5, 0.6) is 5.75 Å². The lowest BCUT2D eigenvalue weighted by atomic mass is 10.1. The molecule has 1 aromatic rings. The van der Waals surface area contributed by atoms with E-state index in [0.717, 1.165) is 11.1 Å². The standard InChI is InChI=1S/C11H15F2NO.ClH/c1-7-3-4-9(8(2)14)10(5-7)15-6-11(12)13;/h3-5,8,11H,6,14H2,1-2H3;1H. The third-order valence-electron chi connectivity index (χ3n) is 2.02. The number of hydrogen-bond acceptors (Lipinski definition) is 2. The lowest BCUT2D eigenvalue weighted by Crippen LogP contribution is -2.12. The van der Waals surface area contributed by atoms with Crippen molar-refractivity contribution in [1.82, 2.24) is 0 Å². The highest BCUT2D eigenvalue weighted by atomic mass is 35.5. The highest BCUT2D eigenvalue weighted by Crippen LogP contribution is 2.25. The van der Waals surface area contributed by atoms with Gasteiger partial charge in [-0.3, -0.25) is 0 Å². The Morgan fingerprint density at radius 1 is 1.38 bits per heavy atom. The Hall–Kier alpha value is -0.870. The molecular weight excluding hydrogens is 236 g/mol. The molecule has 0 aliphatic rings. The highest BCUT2D eigenvalue weighted by Gasteiger charge is 2.10. The molecule has 0 spiro atoms. The maximum Gasteiger partial charge on any atom is 0.272 e. The van der Waals surface area contributed by atoms with Crippen molar-refractivity contribution in [3.8, 4) is 5.75 Å². The van der Waals surface area contributed by atoms with Crippen molar-refractivity contribution in [1.29, 1.82) is 0 Å². The van der Waals surface area contributed by atoms with Crippen LogP contribution in [0.1, 0.15) is 24.1 Å². The Balaban J connectivity index is 0.00000225. The van der Waals surface area contributed by atoms with Gasteiger partial charge in [0, 0.05) is 11.6 Å². The zero-order valence-corrected chi connectivity index (χ0v) is 10.1. The van der Waals surface area contributed by atoms with Crippen LogP contribution in [0.25, 0.3) is 0 Å². The summed E-state index contributed by atoms with van der Waals surface area (Å²) >= 11 is 0. The van der Waals surface area contributed by atoms with Gasteiger partial charge in [0.2, 0.25) is 0 Å². The van der Waals surface area contributed by atoms with Crippen molar-refractivity contribution in [2.24, 2.45) is 5.73 Å². The molecule has 0 amide bonds. The Bertz CT molecular complexity index is 332. The topological polar surface area (TPSA) is 35.2 Å². The number of halogens is 3. The molecule has 0 aromatic heterocycles. The molecule has 16 heavy (non-hydrogen) atoms. The number of hydrogen-bond donors (Lipinski definition) is 1. The first-order valence-electron chi connectivity index (χ1n) is 4.77. The quantitative estimate of drug-likeness (QED) is 0.893. The number of alkyl halides is 2. The number of nitrogens with two attached hydrogens (primary N) is 1. The van der Waals surface area contributed by atoms with Gasteiger partial charge in [0.25, 0.3) is 6.43 Å². The van der Waals surface area contributed by atoms with E-state index in [1.54, 1.807) is 19.1 Å². The van der Waals surface area contributed by atoms with Gasteiger partial charge < -0.3 is 10.5 Å². The Morgan fingerprint density at radius 3 is 2.50 bits per heavy atom. The lowest BCUT2D eigenvalue weighted by molar-refractivity contribution is 0.0812. The second-order valence-electron chi connectivity index (χ2n) is 3.53. The van der Waals surface area contributed by atoms with Crippen LogP contribution in [0.15, 0.2) is 18.2 Å². The van der Waals surface area contributed by atoms with Crippen molar-refractivity contribution >= 4 is 12.4 Å². The van der Waals surface area contributed by atoms with Crippen molar-refractivity contribution in [3.63, 3.8) is 0 Å². The number of aryl methyl sites for hydroxylation is 1. The normalized spacial score (nSPS) is 12.1. The van der Waals surface area contributed by atoms with Crippen LogP contribution in [-0.4, -0.2) is 13.0 Å². The van der Waals surface area contributed by atoms with E-state index in [4.69, 9.17) is 10.5 Å². The van der Waals surface area contributed by atoms with Crippen LogP contribution >= 0.6 is 12.4 Å². The molecule has 1 unspecified atom stereocenters. The van der Waals surface area contributed by atoms with E-state index in [9.17, 15) is 8.78 Å². The molecule has 5 heteroatoms. The molecule has 0 radical (unpaired) electrons. The predicted molar refractivity (Wildman–Crippen MR) is 62.5 cm³/mol. The molecule has 0 bridgehead atoms. The minimum Gasteiger partial charge on any atom is -0.487 e. The van der Waals surface area contributed by atoms with E-state index in [0.29, 0.717) is 5.75 Å². The predicted octanol–water partition coefficient (Wildman–Crippen LogP) is 3.08. The fraction of sp³-hybridized carbons (Fsp3) is 0.455. The van der Waals surface area contributed by atoms with E-state index in [2.05, 4.69) is 0 Å². The maximum atomic E-state index is 12.0. The number of ether oxygens (including phenoxy) is 1. The fourth-order valence-corrected chi connectivity index (χ4v) is 1.30. The van der Waals surface area contributed by atoms with E-state index in [1.807, 2.05) is 13.0 Å². The first kappa shape index (κ1) is 15.1. The Kier molecular flexibility index (Phi) is 6.29. The summed E-state index contributed by atoms with van der Waals surface area (Å²) in [6.07, 6.45) is -2.47. The average Bonchev–Trinajstić information content (AvgIpc) is 2.14. The Morgan fingerprint density at radius 2 is 2.00 bits per heavy atom. The second-order valence-corrected chi connectivity index (χ2v) is 3.53. The zero-order valence-electron chi connectivity index (χ0n) is 9.24. The molecule has 0 aliphatic carbocycles. The van der Waals surface area contributed by atoms with Gasteiger partial charge in [-0.05, 0) is 25.5 Å². The molecule has 0 fully saturated rings. The van der Waals surface area contributed by atoms with Crippen molar-refractivity contribution in [2.75, 3.05) is 6.61 Å². The van der Waals surface area contributed by atoms with Gasteiger partial charge >= 0.3 is 0 Å². The van der Waals surface area contributed by atoms with Crippen molar-refractivity contribution in [2.45, 2.75) is 26.3 Å². The van der Waals surface area contributed by atoms with E-state index in [-0.39, 0.29) is 18.4 Å². The second kappa shape index (κ2) is 6.66. The lowest BCUT2D eigenvalue weighted by Gasteiger charge is -2.14. The summed E-state index contributed by atoms with van der Waals surface area (Å²) in [7, 11) is 0. The van der Waals surface area contributed by atoms with Crippen LogP contribution < -0.4 is 10.5 Å². The van der Waals surface area contributed by atoms with Crippen molar-refractivity contribution in [3.05, 3.63) is 29.3 Å². The van der Waals surface area contributed by atoms with Gasteiger partial charge in [-0.2, -0.15) is 0 Å². The SMILES string of the molecule is Cc1ccc(C(C)N)c(OCC(F)F)c1.Cl. The largest absolute Gasteiger partial charge is 0.487 e. The van der Waals surface area contributed by atoms with E-state index < -0.39 is 13.0 Å². The molecule has 0 aliphatic heterocycles. The van der Waals surface area contributed by atoms with Crippen LogP contribution in [0.2, 0.25) is 0 Å². The van der Waals surface area contributed by atoms with E-state index >= 15 is 0 Å². The van der Waals surface area contributed by atoms with E-state index in [1.165, 1.54) is 0 Å². The summed E-state index contributed by atoms with van der Waals surface area (Å²) in [5, 5.41) is 0. The maximum absolute atomic E-state index is 12.0. The number of rotatable bonds is 4. The monoisotopic (exact) mass is 251 g/mol. The van der Waals surface area contributed by atoms with Gasteiger partial charge in [-0.1, -0.05) is 12.1 Å². The molecule has 1 rings (SSSR count). The molecular formula is C11H16ClF2NO. The Labute approximate surface area is 100 Å². The minimum atomic E-state index is -2.47. The van der Waals surface area contributed by atoms with Crippen LogP contribution in [0.4, 0.5) is 8.78 Å². The third-order valence-corrected chi connectivity index (χ3v) is 2.02. The molecule has 2 nitrogen and oxygen atoms in total. The van der Waals surface area contributed by atoms with Gasteiger partial charge in [0.05, 0.1) is 0 Å². The first-order chi connectivity index (χ1) is 7.00. The molecule has 0 heterocycles. The van der Waals surface area contributed by atoms with Gasteiger partial charge in [0.15, 0.2) is 0 Å². The fourth-order valence-electron chi connectivity index (χ4n) is 1.30. The van der Waals surface area contributed by atoms with Crippen LogP contribution in [0, 0.1) is 6.92 Å². The summed E-state index contributed by atoms with van der Waals surface area (Å²) in [6, 6.07) is 5.19. The molecule has 1 atom stereocenters. The van der Waals surface area contributed by atoms with Gasteiger partial charge in [-0.15, -0.1) is 12.4 Å². The van der Waals surface area contributed by atoms with Crippen LogP contribution in [0.3, 0.4) is 0 Å². The summed E-state index contributed by atoms with van der Waals surface area (Å²) < 4.78 is 29.0. The van der Waals surface area contributed by atoms with Gasteiger partial charge in [-0.25, -0.2) is 8.78 Å². The van der Waals surface area contributed by atoms with Gasteiger partial charge in [0.1, 0.15) is 12.4 Å². The minimum absolute atomic E-state index is 0. The number of benzene rings is 1. The molecule has 92 valence electrons. The summed E-state index contributed by atoms with van der Waals surface area (Å²) in [5.74, 6) is 0.449. The average molecular weight is 252 g/mol.